The molecule has 0 saturated heterocycles. The van der Waals surface area contributed by atoms with Crippen molar-refractivity contribution >= 4 is 11.8 Å². The third-order valence-electron chi connectivity index (χ3n) is 1.74. The average Bonchev–Trinajstić information content (AvgIpc) is 2.20. The van der Waals surface area contributed by atoms with Gasteiger partial charge in [0.15, 0.2) is 5.78 Å². The fourth-order valence-corrected chi connectivity index (χ4v) is 0.673. The highest BCUT2D eigenvalue weighted by Gasteiger charge is 2.18. The van der Waals surface area contributed by atoms with E-state index in [0.717, 1.165) is 12.2 Å². The van der Waals surface area contributed by atoms with E-state index in [2.05, 4.69) is 4.74 Å². The van der Waals surface area contributed by atoms with Crippen molar-refractivity contribution in [3.05, 3.63) is 12.2 Å². The maximum atomic E-state index is 11.4. The van der Waals surface area contributed by atoms with Crippen LogP contribution in [-0.4, -0.2) is 41.3 Å². The summed E-state index contributed by atoms with van der Waals surface area (Å²) in [6.45, 7) is 4.45. The standard InChI is InChI=1S/C11H18O5/c1-11(2,3)9(14)4-5-10(15)16-7-8(13)6-12/h4-5,8,12-13H,6-7H2,1-3H3/b5-4-. The lowest BCUT2D eigenvalue weighted by atomic mass is 9.91. The minimum atomic E-state index is -1.09. The van der Waals surface area contributed by atoms with Crippen LogP contribution in [-0.2, 0) is 14.3 Å². The Bertz CT molecular complexity index is 275. The third-order valence-corrected chi connectivity index (χ3v) is 1.74. The smallest absolute Gasteiger partial charge is 0.330 e. The van der Waals surface area contributed by atoms with Crippen LogP contribution < -0.4 is 0 Å². The van der Waals surface area contributed by atoms with Crippen LogP contribution >= 0.6 is 0 Å². The summed E-state index contributed by atoms with van der Waals surface area (Å²) in [5, 5.41) is 17.4. The van der Waals surface area contributed by atoms with Gasteiger partial charge in [-0.2, -0.15) is 0 Å². The van der Waals surface area contributed by atoms with Crippen molar-refractivity contribution in [2.24, 2.45) is 5.41 Å². The molecule has 0 spiro atoms. The second kappa shape index (κ2) is 6.40. The molecule has 0 amide bonds. The molecule has 2 N–H and O–H groups in total. The van der Waals surface area contributed by atoms with E-state index in [0.29, 0.717) is 0 Å². The molecular weight excluding hydrogens is 212 g/mol. The maximum Gasteiger partial charge on any atom is 0.330 e. The largest absolute Gasteiger partial charge is 0.460 e. The zero-order chi connectivity index (χ0) is 12.8. The highest BCUT2D eigenvalue weighted by molar-refractivity contribution is 5.98. The lowest BCUT2D eigenvalue weighted by molar-refractivity contribution is -0.141. The first-order valence-corrected chi connectivity index (χ1v) is 4.95. The van der Waals surface area contributed by atoms with Crippen LogP contribution in [0.2, 0.25) is 0 Å². The van der Waals surface area contributed by atoms with Crippen LogP contribution in [0.5, 0.6) is 0 Å². The van der Waals surface area contributed by atoms with Crippen molar-refractivity contribution in [2.45, 2.75) is 26.9 Å². The van der Waals surface area contributed by atoms with Gasteiger partial charge in [0.2, 0.25) is 0 Å². The van der Waals surface area contributed by atoms with Gasteiger partial charge < -0.3 is 14.9 Å². The normalized spacial score (nSPS) is 13.8. The van der Waals surface area contributed by atoms with E-state index in [1.807, 2.05) is 0 Å². The van der Waals surface area contributed by atoms with Crippen molar-refractivity contribution in [3.63, 3.8) is 0 Å². The summed E-state index contributed by atoms with van der Waals surface area (Å²) in [5.74, 6) is -0.905. The molecule has 5 heteroatoms. The molecule has 0 saturated carbocycles. The van der Waals surface area contributed by atoms with E-state index in [1.165, 1.54) is 0 Å². The summed E-state index contributed by atoms with van der Waals surface area (Å²) < 4.78 is 4.57. The van der Waals surface area contributed by atoms with E-state index in [9.17, 15) is 9.59 Å². The van der Waals surface area contributed by atoms with Gasteiger partial charge in [-0.1, -0.05) is 20.8 Å². The molecule has 16 heavy (non-hydrogen) atoms. The second-order valence-corrected chi connectivity index (χ2v) is 4.41. The number of aliphatic hydroxyl groups excluding tert-OH is 2. The van der Waals surface area contributed by atoms with E-state index >= 15 is 0 Å². The minimum Gasteiger partial charge on any atom is -0.460 e. The number of allylic oxidation sites excluding steroid dienone is 1. The van der Waals surface area contributed by atoms with E-state index < -0.39 is 24.1 Å². The Labute approximate surface area is 94.7 Å². The SMILES string of the molecule is CC(C)(C)C(=O)/C=C\C(=O)OCC(O)CO. The molecule has 0 aliphatic heterocycles. The van der Waals surface area contributed by atoms with Gasteiger partial charge in [-0.3, -0.25) is 4.79 Å². The fraction of sp³-hybridized carbons (Fsp3) is 0.636. The first kappa shape index (κ1) is 14.8. The Balaban J connectivity index is 4.06. The molecule has 1 atom stereocenters. The molecule has 0 heterocycles. The van der Waals surface area contributed by atoms with Gasteiger partial charge in [-0.05, 0) is 6.08 Å². The predicted molar refractivity (Wildman–Crippen MR) is 57.7 cm³/mol. The van der Waals surface area contributed by atoms with Gasteiger partial charge >= 0.3 is 5.97 Å². The molecule has 0 bridgehead atoms. The Morgan fingerprint density at radius 2 is 1.88 bits per heavy atom. The van der Waals surface area contributed by atoms with Crippen molar-refractivity contribution in [3.8, 4) is 0 Å². The van der Waals surface area contributed by atoms with E-state index in [1.54, 1.807) is 20.8 Å². The molecule has 0 aliphatic carbocycles. The predicted octanol–water partition coefficient (Wildman–Crippen LogP) is 0.0542. The molecule has 92 valence electrons. The zero-order valence-electron chi connectivity index (χ0n) is 9.77. The molecule has 0 aromatic rings. The first-order chi connectivity index (χ1) is 7.27. The van der Waals surface area contributed by atoms with Crippen molar-refractivity contribution in [1.29, 1.82) is 0 Å². The quantitative estimate of drug-likeness (QED) is 0.515. The highest BCUT2D eigenvalue weighted by Crippen LogP contribution is 2.14. The lowest BCUT2D eigenvalue weighted by Gasteiger charge is -2.12. The number of carbonyl (C=O) groups is 2. The maximum absolute atomic E-state index is 11.4. The Morgan fingerprint density at radius 3 is 2.31 bits per heavy atom. The minimum absolute atomic E-state index is 0.188. The van der Waals surface area contributed by atoms with Crippen molar-refractivity contribution < 1.29 is 24.5 Å². The number of carbonyl (C=O) groups excluding carboxylic acids is 2. The third kappa shape index (κ3) is 6.31. The van der Waals surface area contributed by atoms with Crippen LogP contribution in [0.3, 0.4) is 0 Å². The summed E-state index contributed by atoms with van der Waals surface area (Å²) in [4.78, 5) is 22.4. The van der Waals surface area contributed by atoms with Crippen LogP contribution in [0.25, 0.3) is 0 Å². The monoisotopic (exact) mass is 230 g/mol. The van der Waals surface area contributed by atoms with Crippen molar-refractivity contribution in [1.82, 2.24) is 0 Å². The summed E-state index contributed by atoms with van der Waals surface area (Å²) in [5.41, 5.74) is -0.540. The molecule has 0 aromatic heterocycles. The number of hydrogen-bond donors (Lipinski definition) is 2. The molecule has 1 unspecified atom stereocenters. The van der Waals surface area contributed by atoms with Gasteiger partial charge in [-0.25, -0.2) is 4.79 Å². The summed E-state index contributed by atoms with van der Waals surface area (Å²) in [6.07, 6.45) is 1.07. The number of hydrogen-bond acceptors (Lipinski definition) is 5. The molecule has 0 rings (SSSR count). The fourth-order valence-electron chi connectivity index (χ4n) is 0.673. The van der Waals surface area contributed by atoms with Gasteiger partial charge in [0.05, 0.1) is 6.61 Å². The number of rotatable bonds is 5. The second-order valence-electron chi connectivity index (χ2n) is 4.41. The number of ketones is 1. The van der Waals surface area contributed by atoms with Gasteiger partial charge in [0, 0.05) is 11.5 Å². The molecule has 0 radical (unpaired) electrons. The van der Waals surface area contributed by atoms with Gasteiger partial charge in [0.1, 0.15) is 12.7 Å². The molecule has 0 fully saturated rings. The topological polar surface area (TPSA) is 83.8 Å². The van der Waals surface area contributed by atoms with Crippen LogP contribution in [0, 0.1) is 5.41 Å². The summed E-state index contributed by atoms with van der Waals surface area (Å²) in [6, 6.07) is 0. The summed E-state index contributed by atoms with van der Waals surface area (Å²) >= 11 is 0. The highest BCUT2D eigenvalue weighted by atomic mass is 16.5. The molecule has 5 nitrogen and oxygen atoms in total. The Hall–Kier alpha value is -1.20. The Morgan fingerprint density at radius 1 is 1.31 bits per heavy atom. The number of esters is 1. The van der Waals surface area contributed by atoms with Gasteiger partial charge in [0.25, 0.3) is 0 Å². The zero-order valence-corrected chi connectivity index (χ0v) is 9.77. The molecular formula is C11H18O5. The first-order valence-electron chi connectivity index (χ1n) is 4.95. The van der Waals surface area contributed by atoms with Crippen LogP contribution in [0.15, 0.2) is 12.2 Å². The van der Waals surface area contributed by atoms with Gasteiger partial charge in [-0.15, -0.1) is 0 Å². The van der Waals surface area contributed by atoms with Crippen LogP contribution in [0.4, 0.5) is 0 Å². The Kier molecular flexibility index (Phi) is 5.92. The van der Waals surface area contributed by atoms with Crippen molar-refractivity contribution in [2.75, 3.05) is 13.2 Å². The average molecular weight is 230 g/mol. The van der Waals surface area contributed by atoms with Crippen LogP contribution in [0.1, 0.15) is 20.8 Å². The number of ether oxygens (including phenoxy) is 1. The number of aliphatic hydroxyl groups is 2. The van der Waals surface area contributed by atoms with E-state index in [4.69, 9.17) is 10.2 Å². The lowest BCUT2D eigenvalue weighted by Crippen LogP contribution is -2.21. The molecule has 0 aliphatic rings. The summed E-state index contributed by atoms with van der Waals surface area (Å²) in [7, 11) is 0. The van der Waals surface area contributed by atoms with E-state index in [-0.39, 0.29) is 12.4 Å². The molecule has 0 aromatic carbocycles.